The summed E-state index contributed by atoms with van der Waals surface area (Å²) >= 11 is 0. The molecule has 0 fully saturated rings. The highest BCUT2D eigenvalue weighted by atomic mass is 35.5. The topological polar surface area (TPSA) is 107 Å². The standard InChI is InChI=1S/C18H36O2.ClH.2H3N/c1-4-5-6-7-8-9-10-11-12-13-14-15-16-18(2,3)17(19)20;;;/h4-16H2,1-3H3,(H,19,20);1H;2*1H3. The Hall–Kier alpha value is -0.320. The molecule has 0 bridgehead atoms. The number of hydrogen-bond donors (Lipinski definition) is 3. The van der Waals surface area contributed by atoms with Gasteiger partial charge in [0.2, 0.25) is 0 Å². The maximum atomic E-state index is 11.0. The fourth-order valence-electron chi connectivity index (χ4n) is 2.51. The van der Waals surface area contributed by atoms with E-state index in [1.165, 1.54) is 70.6 Å². The summed E-state index contributed by atoms with van der Waals surface area (Å²) in [4.78, 5) is 11.0. The van der Waals surface area contributed by atoms with Gasteiger partial charge in [0.05, 0.1) is 5.41 Å². The third-order valence-electron chi connectivity index (χ3n) is 4.23. The van der Waals surface area contributed by atoms with Gasteiger partial charge in [-0.1, -0.05) is 84.0 Å². The van der Waals surface area contributed by atoms with Crippen molar-refractivity contribution in [2.75, 3.05) is 0 Å². The molecule has 0 unspecified atom stereocenters. The monoisotopic (exact) mass is 354 g/mol. The van der Waals surface area contributed by atoms with E-state index in [-0.39, 0.29) is 24.7 Å². The number of carboxylic acid groups (broad SMARTS) is 1. The zero-order chi connectivity index (χ0) is 15.3. The van der Waals surface area contributed by atoms with Gasteiger partial charge < -0.3 is 17.4 Å². The molecule has 5 heteroatoms. The molecular weight excluding hydrogens is 312 g/mol. The molecular formula is C18H43ClN2O2. The normalized spacial score (nSPS) is 10.2. The van der Waals surface area contributed by atoms with Crippen molar-refractivity contribution in [2.45, 2.75) is 104 Å². The number of carbonyl (C=O) groups is 1. The molecule has 0 aliphatic heterocycles. The largest absolute Gasteiger partial charge is 0.481 e. The van der Waals surface area contributed by atoms with Crippen molar-refractivity contribution in [3.63, 3.8) is 0 Å². The van der Waals surface area contributed by atoms with Crippen molar-refractivity contribution in [2.24, 2.45) is 5.41 Å². The first kappa shape index (κ1) is 30.5. The van der Waals surface area contributed by atoms with Gasteiger partial charge in [0.15, 0.2) is 0 Å². The number of halogens is 1. The van der Waals surface area contributed by atoms with E-state index >= 15 is 0 Å². The number of rotatable bonds is 14. The molecule has 4 nitrogen and oxygen atoms in total. The number of aliphatic carboxylic acids is 1. The third kappa shape index (κ3) is 19.6. The molecule has 0 heterocycles. The average Bonchev–Trinajstić information content (AvgIpc) is 2.39. The van der Waals surface area contributed by atoms with Crippen LogP contribution in [0.25, 0.3) is 0 Å². The maximum absolute atomic E-state index is 11.0. The van der Waals surface area contributed by atoms with E-state index in [0.717, 1.165) is 12.8 Å². The third-order valence-corrected chi connectivity index (χ3v) is 4.23. The molecule has 0 aromatic heterocycles. The Bertz CT molecular complexity index is 249. The van der Waals surface area contributed by atoms with Crippen LogP contribution in [0.5, 0.6) is 0 Å². The van der Waals surface area contributed by atoms with Gasteiger partial charge in [-0.05, 0) is 20.3 Å². The molecule has 0 saturated heterocycles. The van der Waals surface area contributed by atoms with Crippen LogP contribution in [0.15, 0.2) is 0 Å². The first-order valence-electron chi connectivity index (χ1n) is 8.74. The van der Waals surface area contributed by atoms with E-state index in [1.807, 2.05) is 13.8 Å². The highest BCUT2D eigenvalue weighted by Gasteiger charge is 2.25. The molecule has 0 atom stereocenters. The second kappa shape index (κ2) is 19.7. The molecule has 0 aliphatic carbocycles. The molecule has 0 aliphatic rings. The molecule has 0 aromatic carbocycles. The summed E-state index contributed by atoms with van der Waals surface area (Å²) in [6.07, 6.45) is 16.7. The summed E-state index contributed by atoms with van der Waals surface area (Å²) in [5.41, 5.74) is -0.543. The van der Waals surface area contributed by atoms with Crippen LogP contribution in [0.1, 0.15) is 104 Å². The van der Waals surface area contributed by atoms with Gasteiger partial charge >= 0.3 is 5.97 Å². The highest BCUT2D eigenvalue weighted by Crippen LogP contribution is 2.24. The summed E-state index contributed by atoms with van der Waals surface area (Å²) in [5.74, 6) is -0.666. The second-order valence-corrected chi connectivity index (χ2v) is 6.83. The Morgan fingerprint density at radius 3 is 1.35 bits per heavy atom. The zero-order valence-electron chi connectivity index (χ0n) is 15.9. The Morgan fingerprint density at radius 2 is 1.04 bits per heavy atom. The minimum atomic E-state index is -0.666. The van der Waals surface area contributed by atoms with Crippen molar-refractivity contribution < 1.29 is 9.90 Å². The molecule has 144 valence electrons. The van der Waals surface area contributed by atoms with E-state index in [1.54, 1.807) is 0 Å². The lowest BCUT2D eigenvalue weighted by molar-refractivity contribution is -0.147. The number of hydrogen-bond acceptors (Lipinski definition) is 3. The molecule has 7 N–H and O–H groups in total. The average molecular weight is 355 g/mol. The Labute approximate surface area is 150 Å². The van der Waals surface area contributed by atoms with Crippen LogP contribution in [0.2, 0.25) is 0 Å². The van der Waals surface area contributed by atoms with E-state index in [2.05, 4.69) is 6.92 Å². The van der Waals surface area contributed by atoms with Gasteiger partial charge in [-0.2, -0.15) is 0 Å². The Morgan fingerprint density at radius 1 is 0.739 bits per heavy atom. The minimum Gasteiger partial charge on any atom is -0.481 e. The fourth-order valence-corrected chi connectivity index (χ4v) is 2.51. The van der Waals surface area contributed by atoms with E-state index in [0.29, 0.717) is 0 Å². The molecule has 0 amide bonds. The fraction of sp³-hybridized carbons (Fsp3) is 0.944. The Kier molecular flexibility index (Phi) is 26.2. The van der Waals surface area contributed by atoms with Crippen LogP contribution < -0.4 is 12.3 Å². The van der Waals surface area contributed by atoms with Crippen LogP contribution >= 0.6 is 12.4 Å². The van der Waals surface area contributed by atoms with Crippen molar-refractivity contribution >= 4 is 18.4 Å². The summed E-state index contributed by atoms with van der Waals surface area (Å²) in [6, 6.07) is 0. The number of carboxylic acids is 1. The lowest BCUT2D eigenvalue weighted by Gasteiger charge is -2.18. The molecule has 0 spiro atoms. The van der Waals surface area contributed by atoms with Crippen molar-refractivity contribution in [1.29, 1.82) is 0 Å². The Balaban J connectivity index is -0.000000602. The second-order valence-electron chi connectivity index (χ2n) is 6.83. The van der Waals surface area contributed by atoms with E-state index < -0.39 is 11.4 Å². The molecule has 0 rings (SSSR count). The minimum absolute atomic E-state index is 0. The zero-order valence-corrected chi connectivity index (χ0v) is 16.7. The summed E-state index contributed by atoms with van der Waals surface area (Å²) in [6.45, 7) is 5.92. The van der Waals surface area contributed by atoms with Crippen molar-refractivity contribution in [3.05, 3.63) is 0 Å². The lowest BCUT2D eigenvalue weighted by atomic mass is 9.87. The van der Waals surface area contributed by atoms with Crippen LogP contribution in [-0.2, 0) is 4.79 Å². The van der Waals surface area contributed by atoms with E-state index in [4.69, 9.17) is 5.11 Å². The maximum Gasteiger partial charge on any atom is 0.309 e. The predicted molar refractivity (Wildman–Crippen MR) is 104 cm³/mol. The van der Waals surface area contributed by atoms with Gasteiger partial charge in [0.25, 0.3) is 0 Å². The van der Waals surface area contributed by atoms with Gasteiger partial charge in [-0.15, -0.1) is 12.4 Å². The quantitative estimate of drug-likeness (QED) is 0.293. The lowest BCUT2D eigenvalue weighted by Crippen LogP contribution is -2.23. The molecule has 0 saturated carbocycles. The van der Waals surface area contributed by atoms with Crippen molar-refractivity contribution in [1.82, 2.24) is 12.3 Å². The van der Waals surface area contributed by atoms with Gasteiger partial charge in [0, 0.05) is 0 Å². The molecule has 0 aromatic rings. The van der Waals surface area contributed by atoms with Crippen LogP contribution in [0, 0.1) is 5.41 Å². The molecule has 0 radical (unpaired) electrons. The first-order chi connectivity index (χ1) is 9.50. The van der Waals surface area contributed by atoms with Gasteiger partial charge in [0.1, 0.15) is 0 Å². The van der Waals surface area contributed by atoms with Crippen LogP contribution in [0.3, 0.4) is 0 Å². The van der Waals surface area contributed by atoms with Crippen LogP contribution in [0.4, 0.5) is 0 Å². The van der Waals surface area contributed by atoms with Crippen LogP contribution in [-0.4, -0.2) is 11.1 Å². The van der Waals surface area contributed by atoms with E-state index in [9.17, 15) is 4.79 Å². The SMILES string of the molecule is CCCCCCCCCCCCCCC(C)(C)C(=O)O.Cl.N.N. The number of unbranched alkanes of at least 4 members (excludes halogenated alkanes) is 11. The highest BCUT2D eigenvalue weighted by molar-refractivity contribution is 5.85. The molecule has 23 heavy (non-hydrogen) atoms. The smallest absolute Gasteiger partial charge is 0.309 e. The van der Waals surface area contributed by atoms with Gasteiger partial charge in [-0.3, -0.25) is 4.79 Å². The summed E-state index contributed by atoms with van der Waals surface area (Å²) < 4.78 is 0. The van der Waals surface area contributed by atoms with Gasteiger partial charge in [-0.25, -0.2) is 0 Å². The first-order valence-corrected chi connectivity index (χ1v) is 8.74. The predicted octanol–water partition coefficient (Wildman–Crippen LogP) is 6.93. The van der Waals surface area contributed by atoms with Crippen molar-refractivity contribution in [3.8, 4) is 0 Å². The summed E-state index contributed by atoms with van der Waals surface area (Å²) in [5, 5.41) is 9.02. The summed E-state index contributed by atoms with van der Waals surface area (Å²) in [7, 11) is 0.